The van der Waals surface area contributed by atoms with Gasteiger partial charge in [0.25, 0.3) is 0 Å². The van der Waals surface area contributed by atoms with Crippen LogP contribution in [0.3, 0.4) is 0 Å². The highest BCUT2D eigenvalue weighted by Crippen LogP contribution is 2.58. The highest BCUT2D eigenvalue weighted by Gasteiger charge is 2.28. The van der Waals surface area contributed by atoms with E-state index in [1.54, 1.807) is 0 Å². The Labute approximate surface area is 137 Å². The number of halogens is 1. The molecule has 0 N–H and O–H groups in total. The minimum Gasteiger partial charge on any atom is -0.422 e. The van der Waals surface area contributed by atoms with Gasteiger partial charge in [-0.25, -0.2) is 0 Å². The molecule has 22 heavy (non-hydrogen) atoms. The van der Waals surface area contributed by atoms with Gasteiger partial charge in [0, 0.05) is 6.42 Å². The molecule has 0 unspecified atom stereocenters. The van der Waals surface area contributed by atoms with Crippen molar-refractivity contribution >= 4 is 25.0 Å². The summed E-state index contributed by atoms with van der Waals surface area (Å²) < 4.78 is 22.4. The van der Waals surface area contributed by atoms with Crippen LogP contribution in [0.4, 0.5) is 5.69 Å². The monoisotopic (exact) mass is 343 g/mol. The summed E-state index contributed by atoms with van der Waals surface area (Å²) in [5.41, 5.74) is 0.783. The van der Waals surface area contributed by atoms with Gasteiger partial charge in [-0.1, -0.05) is 29.8 Å². The van der Waals surface area contributed by atoms with E-state index in [-0.39, 0.29) is 0 Å². The molecule has 0 aromatic heterocycles. The molecule has 1 aliphatic rings. The maximum atomic E-state index is 6.31. The lowest BCUT2D eigenvalue weighted by Crippen LogP contribution is -2.04. The molecule has 0 heterocycles. The van der Waals surface area contributed by atoms with Crippen LogP contribution in [0.2, 0.25) is 0 Å². The molecule has 1 aliphatic carbocycles. The van der Waals surface area contributed by atoms with Crippen LogP contribution in [0.25, 0.3) is 0 Å². The first kappa shape index (κ1) is 17.6. The van der Waals surface area contributed by atoms with Crippen LogP contribution in [0.1, 0.15) is 39.5 Å². The molecule has 122 valence electrons. The fourth-order valence-corrected chi connectivity index (χ4v) is 4.41. The van der Waals surface area contributed by atoms with Crippen LogP contribution in [-0.2, 0) is 13.6 Å². The van der Waals surface area contributed by atoms with Gasteiger partial charge in [0.05, 0.1) is 23.9 Å². The Morgan fingerprint density at radius 1 is 1.05 bits per heavy atom. The molecule has 0 atom stereocenters. The van der Waals surface area contributed by atoms with E-state index in [0.29, 0.717) is 13.2 Å². The molecule has 6 heteroatoms. The van der Waals surface area contributed by atoms with Crippen molar-refractivity contribution in [3.63, 3.8) is 0 Å². The summed E-state index contributed by atoms with van der Waals surface area (Å²) in [6.45, 7) is 4.76. The van der Waals surface area contributed by atoms with Crippen molar-refractivity contribution in [2.75, 3.05) is 13.2 Å². The van der Waals surface area contributed by atoms with E-state index in [1.165, 1.54) is 0 Å². The van der Waals surface area contributed by atoms with E-state index in [2.05, 4.69) is 4.74 Å². The Balaban J connectivity index is 2.38. The Kier molecular flexibility index (Phi) is 6.97. The first-order chi connectivity index (χ1) is 10.7. The van der Waals surface area contributed by atoms with Gasteiger partial charge in [0.2, 0.25) is 0 Å². The van der Waals surface area contributed by atoms with Crippen LogP contribution in [0, 0.1) is 0 Å². The quantitative estimate of drug-likeness (QED) is 0.539. The second kappa shape index (κ2) is 8.73. The predicted octanol–water partition coefficient (Wildman–Crippen LogP) is 6.38. The lowest BCUT2D eigenvalue weighted by molar-refractivity contribution is 0.179. The van der Waals surface area contributed by atoms with Gasteiger partial charge in [0.15, 0.2) is 0 Å². The maximum Gasteiger partial charge on any atom is 0.415 e. The fraction of sp³-hybridized carbons (Fsp3) is 0.500. The van der Waals surface area contributed by atoms with Gasteiger partial charge in [-0.3, -0.25) is 9.05 Å². The largest absolute Gasteiger partial charge is 0.422 e. The van der Waals surface area contributed by atoms with E-state index in [9.17, 15) is 0 Å². The molecule has 0 saturated heterocycles. The zero-order chi connectivity index (χ0) is 15.8. The number of benzene rings is 1. The third-order valence-electron chi connectivity index (χ3n) is 3.16. The number of hydrogen-bond acceptors (Lipinski definition) is 4. The lowest BCUT2D eigenvalue weighted by atomic mass is 10.1. The molecule has 0 amide bonds. The molecule has 2 rings (SSSR count). The number of nitrogens with zero attached hydrogens (tertiary/aromatic N) is 1. The SMILES string of the molecule is CCOP(=Nc1ccccc1)(OCC)OC1=C(Cl)CCCC1. The number of hydrogen-bond donors (Lipinski definition) is 0. The summed E-state index contributed by atoms with van der Waals surface area (Å²) in [5, 5.41) is 0.762. The molecule has 0 bridgehead atoms. The molecular formula is C16H23ClNO3P. The fourth-order valence-electron chi connectivity index (χ4n) is 2.21. The number of rotatable bonds is 7. The van der Waals surface area contributed by atoms with Gasteiger partial charge in [-0.05, 0) is 45.2 Å². The maximum absolute atomic E-state index is 6.31. The van der Waals surface area contributed by atoms with Gasteiger partial charge < -0.3 is 4.52 Å². The summed E-state index contributed by atoms with van der Waals surface area (Å²) in [7, 11) is -2.84. The predicted molar refractivity (Wildman–Crippen MR) is 91.1 cm³/mol. The zero-order valence-electron chi connectivity index (χ0n) is 13.1. The van der Waals surface area contributed by atoms with Crippen LogP contribution in [-0.4, -0.2) is 13.2 Å². The summed E-state index contributed by atoms with van der Waals surface area (Å²) in [6, 6.07) is 9.62. The van der Waals surface area contributed by atoms with Crippen molar-refractivity contribution in [3.05, 3.63) is 41.1 Å². The molecule has 0 fully saturated rings. The second-order valence-corrected chi connectivity index (χ2v) is 7.16. The Morgan fingerprint density at radius 3 is 2.27 bits per heavy atom. The molecule has 0 spiro atoms. The van der Waals surface area contributed by atoms with Crippen molar-refractivity contribution in [3.8, 4) is 0 Å². The van der Waals surface area contributed by atoms with E-state index < -0.39 is 7.74 Å². The summed E-state index contributed by atoms with van der Waals surface area (Å²) >= 11 is 6.31. The topological polar surface area (TPSA) is 40.0 Å². The van der Waals surface area contributed by atoms with Gasteiger partial charge >= 0.3 is 7.74 Å². The molecular weight excluding hydrogens is 321 g/mol. The third kappa shape index (κ3) is 4.85. The second-order valence-electron chi connectivity index (χ2n) is 4.87. The molecule has 4 nitrogen and oxygen atoms in total. The van der Waals surface area contributed by atoms with Gasteiger partial charge in [-0.2, -0.15) is 4.74 Å². The summed E-state index contributed by atoms with van der Waals surface area (Å²) in [6.07, 6.45) is 3.82. The Morgan fingerprint density at radius 2 is 1.68 bits per heavy atom. The first-order valence-electron chi connectivity index (χ1n) is 7.72. The normalized spacial score (nSPS) is 15.8. The molecule has 1 aromatic carbocycles. The highest BCUT2D eigenvalue weighted by molar-refractivity contribution is 7.51. The standard InChI is InChI=1S/C16H23ClNO3P/c1-3-19-22(20-4-2,18-14-10-6-5-7-11-14)21-16-13-9-8-12-15(16)17/h5-7,10-11H,3-4,8-9,12-13H2,1-2H3. The van der Waals surface area contributed by atoms with Crippen LogP contribution in [0.5, 0.6) is 0 Å². The minimum absolute atomic E-state index is 0.467. The Bertz CT molecular complexity index is 550. The van der Waals surface area contributed by atoms with Crippen LogP contribution in [0.15, 0.2) is 45.9 Å². The van der Waals surface area contributed by atoms with Gasteiger partial charge in [-0.15, -0.1) is 0 Å². The smallest absolute Gasteiger partial charge is 0.415 e. The van der Waals surface area contributed by atoms with Crippen molar-refractivity contribution in [1.82, 2.24) is 0 Å². The van der Waals surface area contributed by atoms with Crippen molar-refractivity contribution in [1.29, 1.82) is 0 Å². The molecule has 0 radical (unpaired) electrons. The molecule has 0 saturated carbocycles. The Hall–Kier alpha value is -0.800. The lowest BCUT2D eigenvalue weighted by Gasteiger charge is -2.26. The van der Waals surface area contributed by atoms with Gasteiger partial charge in [0.1, 0.15) is 5.76 Å². The van der Waals surface area contributed by atoms with Crippen molar-refractivity contribution in [2.45, 2.75) is 39.5 Å². The van der Waals surface area contributed by atoms with Crippen molar-refractivity contribution in [2.24, 2.45) is 4.74 Å². The minimum atomic E-state index is -2.84. The first-order valence-corrected chi connectivity index (χ1v) is 9.60. The third-order valence-corrected chi connectivity index (χ3v) is 5.65. The average Bonchev–Trinajstić information content (AvgIpc) is 2.51. The average molecular weight is 344 g/mol. The van der Waals surface area contributed by atoms with Crippen LogP contribution < -0.4 is 0 Å². The van der Waals surface area contributed by atoms with Crippen molar-refractivity contribution < 1.29 is 13.6 Å². The van der Waals surface area contributed by atoms with E-state index in [0.717, 1.165) is 42.2 Å². The number of allylic oxidation sites excluding steroid dienone is 2. The van der Waals surface area contributed by atoms with E-state index in [1.807, 2.05) is 44.2 Å². The van der Waals surface area contributed by atoms with E-state index >= 15 is 0 Å². The molecule has 0 aliphatic heterocycles. The van der Waals surface area contributed by atoms with E-state index in [4.69, 9.17) is 25.2 Å². The summed E-state index contributed by atoms with van der Waals surface area (Å²) in [5.74, 6) is 0.767. The zero-order valence-corrected chi connectivity index (χ0v) is 14.8. The molecule has 1 aromatic rings. The van der Waals surface area contributed by atoms with Crippen LogP contribution >= 0.6 is 19.3 Å². The summed E-state index contributed by atoms with van der Waals surface area (Å²) in [4.78, 5) is 0. The highest BCUT2D eigenvalue weighted by atomic mass is 35.5.